The van der Waals surface area contributed by atoms with Crippen molar-refractivity contribution in [2.75, 3.05) is 18.4 Å². The monoisotopic (exact) mass is 544 g/mol. The van der Waals surface area contributed by atoms with Gasteiger partial charge in [0.25, 0.3) is 0 Å². The van der Waals surface area contributed by atoms with E-state index in [1.54, 1.807) is 18.5 Å². The first kappa shape index (κ1) is 30.0. The number of benzene rings is 3. The van der Waals surface area contributed by atoms with Crippen LogP contribution in [0.4, 0.5) is 10.1 Å². The number of aromatic nitrogens is 2. The molecule has 0 unspecified atom stereocenters. The van der Waals surface area contributed by atoms with Crippen LogP contribution in [0.25, 0.3) is 0 Å². The van der Waals surface area contributed by atoms with Crippen molar-refractivity contribution in [3.8, 4) is 0 Å². The van der Waals surface area contributed by atoms with Crippen LogP contribution in [-0.4, -0.2) is 33.7 Å². The Morgan fingerprint density at radius 1 is 0.973 bits per heavy atom. The Labute approximate surface area is 228 Å². The second kappa shape index (κ2) is 15.1. The molecule has 37 heavy (non-hydrogen) atoms. The van der Waals surface area contributed by atoms with Gasteiger partial charge in [-0.15, -0.1) is 24.8 Å². The Morgan fingerprint density at radius 3 is 2.46 bits per heavy atom. The molecular formula is C28H31Cl2FN4O2. The van der Waals surface area contributed by atoms with Crippen molar-refractivity contribution < 1.29 is 14.3 Å². The van der Waals surface area contributed by atoms with E-state index in [4.69, 9.17) is 0 Å². The molecule has 0 bridgehead atoms. The quantitative estimate of drug-likeness (QED) is 0.233. The fourth-order valence-electron chi connectivity index (χ4n) is 3.85. The zero-order valence-corrected chi connectivity index (χ0v) is 21.9. The van der Waals surface area contributed by atoms with Gasteiger partial charge in [0, 0.05) is 31.2 Å². The number of aliphatic hydroxyl groups excluding tert-OH is 1. The average molecular weight is 545 g/mol. The number of imidazole rings is 1. The van der Waals surface area contributed by atoms with Gasteiger partial charge in [-0.2, -0.15) is 0 Å². The van der Waals surface area contributed by atoms with E-state index in [0.717, 1.165) is 35.3 Å². The highest BCUT2D eigenvalue weighted by Gasteiger charge is 2.11. The van der Waals surface area contributed by atoms with Crippen LogP contribution >= 0.6 is 24.8 Å². The van der Waals surface area contributed by atoms with Gasteiger partial charge in [-0.3, -0.25) is 4.79 Å². The van der Waals surface area contributed by atoms with Crippen LogP contribution in [0, 0.1) is 5.82 Å². The normalized spacial score (nSPS) is 11.2. The van der Waals surface area contributed by atoms with Gasteiger partial charge in [0.15, 0.2) is 0 Å². The molecule has 6 nitrogen and oxygen atoms in total. The number of nitrogens with zero attached hydrogens (tertiary/aromatic N) is 2. The molecule has 0 spiro atoms. The SMILES string of the molecule is Cl.Cl.O=C(Cc1nccn1Cc1cccc(F)c1)Nc1ccc(CCNC[C@H](O)c2ccccc2)cc1. The first-order valence-corrected chi connectivity index (χ1v) is 11.6. The molecule has 1 atom stereocenters. The summed E-state index contributed by atoms with van der Waals surface area (Å²) in [5.74, 6) is 0.166. The summed E-state index contributed by atoms with van der Waals surface area (Å²) in [6, 6.07) is 23.7. The maximum Gasteiger partial charge on any atom is 0.231 e. The van der Waals surface area contributed by atoms with Crippen molar-refractivity contribution in [3.63, 3.8) is 0 Å². The second-order valence-electron chi connectivity index (χ2n) is 8.40. The molecule has 0 saturated carbocycles. The summed E-state index contributed by atoms with van der Waals surface area (Å²) < 4.78 is 15.3. The highest BCUT2D eigenvalue weighted by Crippen LogP contribution is 2.13. The van der Waals surface area contributed by atoms with E-state index in [9.17, 15) is 14.3 Å². The molecule has 0 aliphatic carbocycles. The third-order valence-electron chi connectivity index (χ3n) is 5.71. The van der Waals surface area contributed by atoms with Crippen LogP contribution in [-0.2, 0) is 24.2 Å². The van der Waals surface area contributed by atoms with Gasteiger partial charge in [0.2, 0.25) is 5.91 Å². The minimum absolute atomic E-state index is 0. The number of carbonyl (C=O) groups excluding carboxylic acids is 1. The van der Waals surface area contributed by atoms with E-state index in [1.165, 1.54) is 12.1 Å². The van der Waals surface area contributed by atoms with Crippen LogP contribution in [0.5, 0.6) is 0 Å². The fourth-order valence-corrected chi connectivity index (χ4v) is 3.85. The van der Waals surface area contributed by atoms with Gasteiger partial charge in [0.1, 0.15) is 11.6 Å². The summed E-state index contributed by atoms with van der Waals surface area (Å²) in [7, 11) is 0. The molecule has 0 aliphatic rings. The molecule has 1 amide bonds. The van der Waals surface area contributed by atoms with Gasteiger partial charge in [0.05, 0.1) is 12.5 Å². The highest BCUT2D eigenvalue weighted by atomic mass is 35.5. The molecule has 1 aromatic heterocycles. The predicted molar refractivity (Wildman–Crippen MR) is 149 cm³/mol. The average Bonchev–Trinajstić information content (AvgIpc) is 3.29. The van der Waals surface area contributed by atoms with Crippen molar-refractivity contribution in [1.29, 1.82) is 0 Å². The Hall–Kier alpha value is -3.23. The molecule has 196 valence electrons. The molecule has 4 rings (SSSR count). The maximum absolute atomic E-state index is 13.5. The summed E-state index contributed by atoms with van der Waals surface area (Å²) >= 11 is 0. The van der Waals surface area contributed by atoms with Crippen LogP contribution < -0.4 is 10.6 Å². The Balaban J connectivity index is 0.00000241. The molecule has 3 aromatic carbocycles. The smallest absolute Gasteiger partial charge is 0.231 e. The molecule has 0 aliphatic heterocycles. The van der Waals surface area contributed by atoms with Crippen molar-refractivity contribution in [3.05, 3.63) is 120 Å². The number of anilines is 1. The molecule has 3 N–H and O–H groups in total. The predicted octanol–water partition coefficient (Wildman–Crippen LogP) is 4.96. The van der Waals surface area contributed by atoms with Crippen molar-refractivity contribution in [2.45, 2.75) is 25.5 Å². The van der Waals surface area contributed by atoms with E-state index in [1.807, 2.05) is 65.2 Å². The molecule has 1 heterocycles. The van der Waals surface area contributed by atoms with Gasteiger partial charge < -0.3 is 20.3 Å². The summed E-state index contributed by atoms with van der Waals surface area (Å²) in [5.41, 5.74) is 3.56. The Morgan fingerprint density at radius 2 is 1.73 bits per heavy atom. The number of hydrogen-bond donors (Lipinski definition) is 3. The third-order valence-corrected chi connectivity index (χ3v) is 5.71. The van der Waals surface area contributed by atoms with E-state index in [-0.39, 0.29) is 43.0 Å². The molecule has 0 saturated heterocycles. The van der Waals surface area contributed by atoms with Crippen molar-refractivity contribution >= 4 is 36.4 Å². The number of nitrogens with one attached hydrogen (secondary N) is 2. The lowest BCUT2D eigenvalue weighted by atomic mass is 10.1. The molecule has 4 aromatic rings. The molecular weight excluding hydrogens is 514 g/mol. The van der Waals surface area contributed by atoms with Crippen LogP contribution in [0.1, 0.15) is 28.6 Å². The first-order valence-electron chi connectivity index (χ1n) is 11.6. The van der Waals surface area contributed by atoms with Gasteiger partial charge in [-0.05, 0) is 53.9 Å². The number of carbonyl (C=O) groups is 1. The fraction of sp³-hybridized carbons (Fsp3) is 0.214. The maximum atomic E-state index is 13.5. The van der Waals surface area contributed by atoms with Crippen LogP contribution in [0.15, 0.2) is 91.3 Å². The lowest BCUT2D eigenvalue weighted by Gasteiger charge is -2.12. The third kappa shape index (κ3) is 9.30. The summed E-state index contributed by atoms with van der Waals surface area (Å²) in [6.45, 7) is 1.68. The van der Waals surface area contributed by atoms with E-state index >= 15 is 0 Å². The van der Waals surface area contributed by atoms with Crippen LogP contribution in [0.3, 0.4) is 0 Å². The van der Waals surface area contributed by atoms with Gasteiger partial charge in [-0.1, -0.05) is 54.6 Å². The Bertz CT molecular complexity index is 1240. The number of amides is 1. The first-order chi connectivity index (χ1) is 17.1. The number of aliphatic hydroxyl groups is 1. The van der Waals surface area contributed by atoms with Crippen LogP contribution in [0.2, 0.25) is 0 Å². The summed E-state index contributed by atoms with van der Waals surface area (Å²) in [5, 5.41) is 16.4. The van der Waals surface area contributed by atoms with E-state index in [0.29, 0.717) is 18.9 Å². The lowest BCUT2D eigenvalue weighted by Crippen LogP contribution is -2.23. The minimum Gasteiger partial charge on any atom is -0.387 e. The number of rotatable bonds is 11. The largest absolute Gasteiger partial charge is 0.387 e. The zero-order chi connectivity index (χ0) is 24.5. The van der Waals surface area contributed by atoms with Gasteiger partial charge >= 0.3 is 0 Å². The zero-order valence-electron chi connectivity index (χ0n) is 20.2. The van der Waals surface area contributed by atoms with Crippen molar-refractivity contribution in [2.24, 2.45) is 0 Å². The standard InChI is InChI=1S/C28H29FN4O2.2ClH/c29-24-8-4-5-22(17-24)20-33-16-15-31-27(33)18-28(35)32-25-11-9-21(10-12-25)13-14-30-19-26(34)23-6-2-1-3-7-23;;/h1-12,15-17,26,30,34H,13-14,18-20H2,(H,32,35);2*1H/t26-;;/m0../s1. The minimum atomic E-state index is -0.529. The van der Waals surface area contributed by atoms with Crippen molar-refractivity contribution in [1.82, 2.24) is 14.9 Å². The van der Waals surface area contributed by atoms with Gasteiger partial charge in [-0.25, -0.2) is 9.37 Å². The molecule has 0 radical (unpaired) electrons. The molecule has 0 fully saturated rings. The molecule has 9 heteroatoms. The second-order valence-corrected chi connectivity index (χ2v) is 8.40. The lowest BCUT2D eigenvalue weighted by molar-refractivity contribution is -0.115. The highest BCUT2D eigenvalue weighted by molar-refractivity contribution is 5.91. The number of hydrogen-bond acceptors (Lipinski definition) is 4. The number of halogens is 3. The Kier molecular flexibility index (Phi) is 12.3. The van der Waals surface area contributed by atoms with E-state index in [2.05, 4.69) is 15.6 Å². The summed E-state index contributed by atoms with van der Waals surface area (Å²) in [4.78, 5) is 16.8. The van der Waals surface area contributed by atoms with E-state index < -0.39 is 6.10 Å². The summed E-state index contributed by atoms with van der Waals surface area (Å²) in [6.07, 6.45) is 3.84. The topological polar surface area (TPSA) is 79.2 Å².